The molecule has 116 valence electrons. The summed E-state index contributed by atoms with van der Waals surface area (Å²) >= 11 is 0. The van der Waals surface area contributed by atoms with Crippen LogP contribution in [-0.2, 0) is 14.2 Å². The molecule has 0 aliphatic carbocycles. The summed E-state index contributed by atoms with van der Waals surface area (Å²) in [7, 11) is 1.61. The fourth-order valence-electron chi connectivity index (χ4n) is 2.71. The average molecular weight is 302 g/mol. The van der Waals surface area contributed by atoms with Crippen molar-refractivity contribution in [2.45, 2.75) is 31.0 Å². The van der Waals surface area contributed by atoms with Crippen molar-refractivity contribution in [3.8, 4) is 18.1 Å². The lowest BCUT2D eigenvalue weighted by atomic mass is 9.90. The number of hydrogen-bond donors (Lipinski definition) is 1. The molecule has 3 rings (SSSR count). The second-order valence-electron chi connectivity index (χ2n) is 5.55. The lowest BCUT2D eigenvalue weighted by molar-refractivity contribution is -0.310. The summed E-state index contributed by atoms with van der Waals surface area (Å²) in [5, 5.41) is 10.3. The number of ether oxygens (including phenoxy) is 4. The predicted octanol–water partition coefficient (Wildman–Crippen LogP) is 1.78. The van der Waals surface area contributed by atoms with E-state index in [1.807, 2.05) is 31.2 Å². The largest absolute Gasteiger partial charge is 0.497 e. The van der Waals surface area contributed by atoms with Crippen LogP contribution >= 0.6 is 0 Å². The first kappa shape index (κ1) is 14.9. The molecular weight excluding hydrogens is 284 g/mol. The van der Waals surface area contributed by atoms with Gasteiger partial charge in [-0.15, -0.1) is 6.42 Å². The van der Waals surface area contributed by atoms with Gasteiger partial charge < -0.3 is 24.1 Å². The number of rotatable bonds is 2. The number of allylic oxidation sites excluding steroid dienone is 1. The van der Waals surface area contributed by atoms with Gasteiger partial charge in [0.1, 0.15) is 18.0 Å². The molecule has 4 unspecified atom stereocenters. The third kappa shape index (κ3) is 2.57. The highest BCUT2D eigenvalue weighted by Gasteiger charge is 2.50. The lowest BCUT2D eigenvalue weighted by Crippen LogP contribution is -2.58. The number of hydrogen-bond acceptors (Lipinski definition) is 5. The zero-order chi connectivity index (χ0) is 15.7. The normalized spacial score (nSPS) is 33.9. The minimum absolute atomic E-state index is 0.268. The Balaban J connectivity index is 1.81. The molecule has 0 amide bonds. The number of benzene rings is 1. The highest BCUT2D eigenvalue weighted by atomic mass is 16.7. The third-order valence-corrected chi connectivity index (χ3v) is 3.90. The molecule has 1 N–H and O–H groups in total. The van der Waals surface area contributed by atoms with E-state index in [1.54, 1.807) is 7.11 Å². The fourth-order valence-corrected chi connectivity index (χ4v) is 2.71. The minimum atomic E-state index is -0.838. The Kier molecular flexibility index (Phi) is 3.83. The molecule has 0 saturated carbocycles. The standard InChI is InChI=1S/C17H18O5/c1-4-12-9-14(18)15-17(2,22-12)10-20-16(21-15)11-5-7-13(19-3)8-6-11/h1,5-9,14-16,18H,10H2,2-3H3. The van der Waals surface area contributed by atoms with E-state index in [4.69, 9.17) is 25.4 Å². The molecule has 2 heterocycles. The first-order valence-electron chi connectivity index (χ1n) is 7.02. The van der Waals surface area contributed by atoms with E-state index in [0.717, 1.165) is 11.3 Å². The Morgan fingerprint density at radius 1 is 1.36 bits per heavy atom. The van der Waals surface area contributed by atoms with Crippen molar-refractivity contribution in [2.75, 3.05) is 13.7 Å². The maximum absolute atomic E-state index is 10.3. The summed E-state index contributed by atoms with van der Waals surface area (Å²) in [6.07, 6.45) is 4.88. The van der Waals surface area contributed by atoms with Gasteiger partial charge >= 0.3 is 0 Å². The number of aliphatic hydroxyl groups excluding tert-OH is 1. The zero-order valence-electron chi connectivity index (χ0n) is 12.5. The van der Waals surface area contributed by atoms with E-state index in [0.29, 0.717) is 5.76 Å². The van der Waals surface area contributed by atoms with Crippen molar-refractivity contribution in [1.82, 2.24) is 0 Å². The van der Waals surface area contributed by atoms with E-state index in [2.05, 4.69) is 5.92 Å². The van der Waals surface area contributed by atoms with Gasteiger partial charge in [0.25, 0.3) is 0 Å². The van der Waals surface area contributed by atoms with E-state index in [-0.39, 0.29) is 6.61 Å². The van der Waals surface area contributed by atoms with Gasteiger partial charge in [0.2, 0.25) is 0 Å². The van der Waals surface area contributed by atoms with Crippen LogP contribution < -0.4 is 4.74 Å². The molecule has 2 aliphatic heterocycles. The van der Waals surface area contributed by atoms with Gasteiger partial charge in [-0.1, -0.05) is 12.1 Å². The van der Waals surface area contributed by atoms with E-state index in [1.165, 1.54) is 6.08 Å². The van der Waals surface area contributed by atoms with Crippen LogP contribution in [0.5, 0.6) is 5.75 Å². The van der Waals surface area contributed by atoms with Gasteiger partial charge in [0.05, 0.1) is 13.7 Å². The average Bonchev–Trinajstić information content (AvgIpc) is 2.54. The molecule has 0 spiro atoms. The Hall–Kier alpha value is -2.00. The van der Waals surface area contributed by atoms with Crippen LogP contribution in [0, 0.1) is 12.3 Å². The van der Waals surface area contributed by atoms with Crippen molar-refractivity contribution in [1.29, 1.82) is 0 Å². The molecule has 1 aromatic rings. The molecule has 0 aromatic heterocycles. The number of terminal acetylenes is 1. The van der Waals surface area contributed by atoms with Gasteiger partial charge in [-0.2, -0.15) is 0 Å². The molecule has 2 aliphatic rings. The summed E-state index contributed by atoms with van der Waals surface area (Å²) in [6.45, 7) is 2.08. The van der Waals surface area contributed by atoms with Gasteiger partial charge in [-0.05, 0) is 31.1 Å². The molecule has 0 radical (unpaired) electrons. The second kappa shape index (κ2) is 5.65. The SMILES string of the molecule is C#CC1=CC(O)C2OC(c3ccc(OC)cc3)OCC2(C)O1. The van der Waals surface area contributed by atoms with Crippen molar-refractivity contribution in [3.05, 3.63) is 41.7 Å². The summed E-state index contributed by atoms with van der Waals surface area (Å²) in [5.74, 6) is 3.47. The fraction of sp³-hybridized carbons (Fsp3) is 0.412. The monoisotopic (exact) mass is 302 g/mol. The smallest absolute Gasteiger partial charge is 0.184 e. The maximum Gasteiger partial charge on any atom is 0.184 e. The van der Waals surface area contributed by atoms with Gasteiger partial charge in [-0.3, -0.25) is 0 Å². The predicted molar refractivity (Wildman–Crippen MR) is 79.0 cm³/mol. The Morgan fingerprint density at radius 2 is 2.09 bits per heavy atom. The van der Waals surface area contributed by atoms with Crippen LogP contribution in [0.3, 0.4) is 0 Å². The van der Waals surface area contributed by atoms with E-state index >= 15 is 0 Å². The van der Waals surface area contributed by atoms with Crippen LogP contribution in [0.2, 0.25) is 0 Å². The second-order valence-corrected chi connectivity index (χ2v) is 5.55. The molecule has 5 heteroatoms. The summed E-state index contributed by atoms with van der Waals surface area (Å²) in [6, 6.07) is 7.40. The minimum Gasteiger partial charge on any atom is -0.497 e. The number of fused-ring (bicyclic) bond motifs is 1. The topological polar surface area (TPSA) is 57.2 Å². The molecule has 1 fully saturated rings. The highest BCUT2D eigenvalue weighted by Crippen LogP contribution is 2.39. The van der Waals surface area contributed by atoms with Crippen molar-refractivity contribution in [2.24, 2.45) is 0 Å². The zero-order valence-corrected chi connectivity index (χ0v) is 12.5. The van der Waals surface area contributed by atoms with E-state index in [9.17, 15) is 5.11 Å². The molecule has 1 saturated heterocycles. The number of aliphatic hydroxyl groups is 1. The van der Waals surface area contributed by atoms with Crippen molar-refractivity contribution >= 4 is 0 Å². The molecule has 22 heavy (non-hydrogen) atoms. The molecule has 4 atom stereocenters. The van der Waals surface area contributed by atoms with E-state index < -0.39 is 24.1 Å². The Labute approximate surface area is 129 Å². The Bertz CT molecular complexity index is 615. The van der Waals surface area contributed by atoms with Gasteiger partial charge in [-0.25, -0.2) is 0 Å². The van der Waals surface area contributed by atoms with Crippen LogP contribution in [0.4, 0.5) is 0 Å². The third-order valence-electron chi connectivity index (χ3n) is 3.90. The van der Waals surface area contributed by atoms with Crippen LogP contribution in [0.1, 0.15) is 18.8 Å². The van der Waals surface area contributed by atoms with Gasteiger partial charge in [0, 0.05) is 5.56 Å². The van der Waals surface area contributed by atoms with Crippen LogP contribution in [-0.4, -0.2) is 36.6 Å². The van der Waals surface area contributed by atoms with Crippen LogP contribution in [0.15, 0.2) is 36.1 Å². The summed E-state index contributed by atoms with van der Waals surface area (Å²) < 4.78 is 22.5. The summed E-state index contributed by atoms with van der Waals surface area (Å²) in [4.78, 5) is 0. The first-order valence-corrected chi connectivity index (χ1v) is 7.02. The van der Waals surface area contributed by atoms with Crippen LogP contribution in [0.25, 0.3) is 0 Å². The van der Waals surface area contributed by atoms with Gasteiger partial charge in [0.15, 0.2) is 17.7 Å². The quantitative estimate of drug-likeness (QED) is 0.844. The maximum atomic E-state index is 10.3. The molecule has 1 aromatic carbocycles. The van der Waals surface area contributed by atoms with Crippen molar-refractivity contribution < 1.29 is 24.1 Å². The van der Waals surface area contributed by atoms with Crippen molar-refractivity contribution in [3.63, 3.8) is 0 Å². The lowest BCUT2D eigenvalue weighted by Gasteiger charge is -2.47. The molecule has 5 nitrogen and oxygen atoms in total. The highest BCUT2D eigenvalue weighted by molar-refractivity contribution is 5.29. The number of methoxy groups -OCH3 is 1. The summed E-state index contributed by atoms with van der Waals surface area (Å²) in [5.41, 5.74) is 0.0422. The Morgan fingerprint density at radius 3 is 2.73 bits per heavy atom. The molecule has 0 bridgehead atoms. The first-order chi connectivity index (χ1) is 10.6. The molecular formula is C17H18O5.